The number of carbonyl (C=O) groups excluding carboxylic acids is 1. The Morgan fingerprint density at radius 3 is 2.50 bits per heavy atom. The molecule has 1 amide bonds. The molecule has 0 radical (unpaired) electrons. The normalized spacial score (nSPS) is 16.0. The highest BCUT2D eigenvalue weighted by atomic mass is 32.2. The van der Waals surface area contributed by atoms with Crippen LogP contribution in [0, 0.1) is 5.92 Å². The molecule has 28 heavy (non-hydrogen) atoms. The molecule has 0 spiro atoms. The minimum Gasteiger partial charge on any atom is -0.356 e. The molecule has 2 rings (SSSR count). The standard InChI is InChI=1S/C19H27F3N2O3S/c1-28(26,27)24(17-10-5-9-16(13-17)19(20,21)22)12-6-11-18(25)23-14-15-7-3-2-4-8-15/h5,9-10,13,15H,2-4,6-8,11-12,14H2,1H3,(H,23,25). The van der Waals surface area contributed by atoms with Crippen LogP contribution in [0.4, 0.5) is 18.9 Å². The number of halogens is 3. The van der Waals surface area contributed by atoms with Gasteiger partial charge in [0.25, 0.3) is 0 Å². The molecule has 0 heterocycles. The molecule has 0 saturated heterocycles. The fourth-order valence-electron chi connectivity index (χ4n) is 3.44. The summed E-state index contributed by atoms with van der Waals surface area (Å²) in [7, 11) is -3.77. The summed E-state index contributed by atoms with van der Waals surface area (Å²) in [4.78, 5) is 12.0. The van der Waals surface area contributed by atoms with Crippen LogP contribution in [-0.2, 0) is 21.0 Å². The van der Waals surface area contributed by atoms with Gasteiger partial charge in [-0.1, -0.05) is 25.3 Å². The Morgan fingerprint density at radius 1 is 1.21 bits per heavy atom. The quantitative estimate of drug-likeness (QED) is 0.693. The van der Waals surface area contributed by atoms with Crippen molar-refractivity contribution in [3.05, 3.63) is 29.8 Å². The van der Waals surface area contributed by atoms with Gasteiger partial charge in [-0.2, -0.15) is 13.2 Å². The van der Waals surface area contributed by atoms with Crippen LogP contribution in [0.2, 0.25) is 0 Å². The SMILES string of the molecule is CS(=O)(=O)N(CCCC(=O)NCC1CCCCC1)c1cccc(C(F)(F)F)c1. The van der Waals surface area contributed by atoms with Gasteiger partial charge in [0.05, 0.1) is 17.5 Å². The molecule has 1 fully saturated rings. The van der Waals surface area contributed by atoms with Gasteiger partial charge in [0.1, 0.15) is 0 Å². The molecule has 0 aromatic heterocycles. The largest absolute Gasteiger partial charge is 0.416 e. The monoisotopic (exact) mass is 420 g/mol. The summed E-state index contributed by atoms with van der Waals surface area (Å²) < 4.78 is 63.7. The molecule has 5 nitrogen and oxygen atoms in total. The van der Waals surface area contributed by atoms with Crippen molar-refractivity contribution in [3.63, 3.8) is 0 Å². The molecule has 9 heteroatoms. The number of carbonyl (C=O) groups is 1. The van der Waals surface area contributed by atoms with Gasteiger partial charge in [0, 0.05) is 19.5 Å². The highest BCUT2D eigenvalue weighted by Crippen LogP contribution is 2.32. The first-order valence-corrected chi connectivity index (χ1v) is 11.3. The number of anilines is 1. The maximum absolute atomic E-state index is 12.9. The highest BCUT2D eigenvalue weighted by Gasteiger charge is 2.31. The van der Waals surface area contributed by atoms with Gasteiger partial charge in [-0.3, -0.25) is 9.10 Å². The number of amides is 1. The third-order valence-electron chi connectivity index (χ3n) is 4.94. The molecule has 1 aliphatic rings. The van der Waals surface area contributed by atoms with Crippen molar-refractivity contribution in [1.29, 1.82) is 0 Å². The predicted octanol–water partition coefficient (Wildman–Crippen LogP) is 3.95. The van der Waals surface area contributed by atoms with E-state index < -0.39 is 21.8 Å². The molecule has 0 unspecified atom stereocenters. The van der Waals surface area contributed by atoms with Crippen LogP contribution in [-0.4, -0.2) is 33.7 Å². The molecule has 0 aliphatic heterocycles. The van der Waals surface area contributed by atoms with Crippen molar-refractivity contribution in [2.24, 2.45) is 5.92 Å². The Morgan fingerprint density at radius 2 is 1.89 bits per heavy atom. The number of hydrogen-bond donors (Lipinski definition) is 1. The first-order valence-electron chi connectivity index (χ1n) is 9.49. The van der Waals surface area contributed by atoms with Gasteiger partial charge < -0.3 is 5.32 Å². The Labute approximate surface area is 164 Å². The number of hydrogen-bond acceptors (Lipinski definition) is 3. The van der Waals surface area contributed by atoms with Crippen LogP contribution >= 0.6 is 0 Å². The first-order chi connectivity index (χ1) is 13.1. The lowest BCUT2D eigenvalue weighted by Crippen LogP contribution is -2.33. The van der Waals surface area contributed by atoms with E-state index in [1.54, 1.807) is 0 Å². The number of benzene rings is 1. The molecule has 0 atom stereocenters. The fourth-order valence-corrected chi connectivity index (χ4v) is 4.40. The summed E-state index contributed by atoms with van der Waals surface area (Å²) in [6.07, 6.45) is 2.55. The molecule has 1 N–H and O–H groups in total. The van der Waals surface area contributed by atoms with E-state index in [0.717, 1.165) is 35.5 Å². The minimum absolute atomic E-state index is 0.0556. The van der Waals surface area contributed by atoms with Crippen LogP contribution in [0.25, 0.3) is 0 Å². The molecule has 1 saturated carbocycles. The molecular formula is C19H27F3N2O3S. The Balaban J connectivity index is 1.92. The molecule has 158 valence electrons. The van der Waals surface area contributed by atoms with Crippen LogP contribution < -0.4 is 9.62 Å². The van der Waals surface area contributed by atoms with Crippen molar-refractivity contribution in [3.8, 4) is 0 Å². The molecule has 0 bridgehead atoms. The topological polar surface area (TPSA) is 66.5 Å². The van der Waals surface area contributed by atoms with Crippen LogP contribution in [0.1, 0.15) is 50.5 Å². The van der Waals surface area contributed by atoms with Gasteiger partial charge in [-0.15, -0.1) is 0 Å². The average Bonchev–Trinajstić information content (AvgIpc) is 2.63. The zero-order valence-corrected chi connectivity index (χ0v) is 16.8. The van der Waals surface area contributed by atoms with E-state index >= 15 is 0 Å². The van der Waals surface area contributed by atoms with E-state index in [1.165, 1.54) is 31.4 Å². The van der Waals surface area contributed by atoms with E-state index in [1.807, 2.05) is 0 Å². The predicted molar refractivity (Wildman–Crippen MR) is 102 cm³/mol. The second-order valence-corrected chi connectivity index (χ2v) is 9.20. The van der Waals surface area contributed by atoms with Crippen molar-refractivity contribution in [1.82, 2.24) is 5.32 Å². The number of rotatable bonds is 8. The third-order valence-corrected chi connectivity index (χ3v) is 6.13. The Bertz CT molecular complexity index is 760. The van der Waals surface area contributed by atoms with Gasteiger partial charge in [0.15, 0.2) is 0 Å². The van der Waals surface area contributed by atoms with Crippen molar-refractivity contribution >= 4 is 21.6 Å². The number of nitrogens with zero attached hydrogens (tertiary/aromatic N) is 1. The van der Waals surface area contributed by atoms with Crippen molar-refractivity contribution < 1.29 is 26.4 Å². The minimum atomic E-state index is -4.56. The van der Waals surface area contributed by atoms with Crippen LogP contribution in [0.3, 0.4) is 0 Å². The van der Waals surface area contributed by atoms with Gasteiger partial charge in [0.2, 0.25) is 15.9 Å². The summed E-state index contributed by atoms with van der Waals surface area (Å²) >= 11 is 0. The summed E-state index contributed by atoms with van der Waals surface area (Å²) in [6, 6.07) is 4.19. The molecular weight excluding hydrogens is 393 g/mol. The number of sulfonamides is 1. The van der Waals surface area contributed by atoms with Crippen LogP contribution in [0.5, 0.6) is 0 Å². The molecule has 1 aromatic rings. The maximum atomic E-state index is 12.9. The smallest absolute Gasteiger partial charge is 0.356 e. The fraction of sp³-hybridized carbons (Fsp3) is 0.632. The Hall–Kier alpha value is -1.77. The van der Waals surface area contributed by atoms with E-state index in [4.69, 9.17) is 0 Å². The average molecular weight is 420 g/mol. The van der Waals surface area contributed by atoms with E-state index in [-0.39, 0.29) is 31.0 Å². The van der Waals surface area contributed by atoms with Crippen molar-refractivity contribution in [2.75, 3.05) is 23.7 Å². The van der Waals surface area contributed by atoms with Gasteiger partial charge in [-0.05, 0) is 43.4 Å². The molecule has 1 aliphatic carbocycles. The summed E-state index contributed by atoms with van der Waals surface area (Å²) in [5, 5.41) is 2.88. The second-order valence-electron chi connectivity index (χ2n) is 7.29. The highest BCUT2D eigenvalue weighted by molar-refractivity contribution is 7.92. The van der Waals surface area contributed by atoms with Gasteiger partial charge >= 0.3 is 6.18 Å². The number of nitrogens with one attached hydrogen (secondary N) is 1. The van der Waals surface area contributed by atoms with E-state index in [9.17, 15) is 26.4 Å². The lowest BCUT2D eigenvalue weighted by atomic mass is 9.89. The van der Waals surface area contributed by atoms with E-state index in [2.05, 4.69) is 5.32 Å². The van der Waals surface area contributed by atoms with Gasteiger partial charge in [-0.25, -0.2) is 8.42 Å². The Kier molecular flexibility index (Phi) is 7.74. The summed E-state index contributed by atoms with van der Waals surface area (Å²) in [5.74, 6) is 0.332. The first kappa shape index (κ1) is 22.5. The lowest BCUT2D eigenvalue weighted by Gasteiger charge is -2.24. The van der Waals surface area contributed by atoms with Crippen molar-refractivity contribution in [2.45, 2.75) is 51.1 Å². The second kappa shape index (κ2) is 9.62. The zero-order chi connectivity index (χ0) is 20.8. The van der Waals surface area contributed by atoms with Crippen LogP contribution in [0.15, 0.2) is 24.3 Å². The number of alkyl halides is 3. The summed E-state index contributed by atoms with van der Waals surface area (Å²) in [6.45, 7) is 0.569. The maximum Gasteiger partial charge on any atom is 0.416 e. The summed E-state index contributed by atoms with van der Waals surface area (Å²) in [5.41, 5.74) is -0.969. The third kappa shape index (κ3) is 7.00. The zero-order valence-electron chi connectivity index (χ0n) is 16.0. The lowest BCUT2D eigenvalue weighted by molar-refractivity contribution is -0.137. The molecule has 1 aromatic carbocycles. The van der Waals surface area contributed by atoms with E-state index in [0.29, 0.717) is 12.5 Å².